The summed E-state index contributed by atoms with van der Waals surface area (Å²) in [5.74, 6) is 1.18. The number of hydrogen-bond donors (Lipinski definition) is 2. The van der Waals surface area contributed by atoms with Gasteiger partial charge in [0.25, 0.3) is 0 Å². The van der Waals surface area contributed by atoms with Crippen molar-refractivity contribution >= 4 is 33.3 Å². The van der Waals surface area contributed by atoms with Crippen molar-refractivity contribution in [3.63, 3.8) is 0 Å². The third-order valence-corrected chi connectivity index (χ3v) is 3.87. The molecule has 0 amide bonds. The van der Waals surface area contributed by atoms with Gasteiger partial charge in [0.05, 0.1) is 5.39 Å². The Kier molecular flexibility index (Phi) is 4.21. The van der Waals surface area contributed by atoms with Crippen molar-refractivity contribution in [2.24, 2.45) is 0 Å². The van der Waals surface area contributed by atoms with E-state index in [1.54, 1.807) is 11.3 Å². The van der Waals surface area contributed by atoms with Crippen LogP contribution in [0.25, 0.3) is 10.2 Å². The van der Waals surface area contributed by atoms with E-state index < -0.39 is 0 Å². The molecule has 1 unspecified atom stereocenters. The number of nitrogens with one attached hydrogen (secondary N) is 1. The van der Waals surface area contributed by atoms with Gasteiger partial charge in [0.1, 0.15) is 10.6 Å². The number of nitrogen functional groups attached to an aromatic ring is 1. The first-order valence-corrected chi connectivity index (χ1v) is 7.22. The van der Waals surface area contributed by atoms with E-state index in [1.807, 2.05) is 0 Å². The summed E-state index contributed by atoms with van der Waals surface area (Å²) < 4.78 is 0. The second-order valence-electron chi connectivity index (χ2n) is 5.14. The third kappa shape index (κ3) is 3.54. The lowest BCUT2D eigenvalue weighted by Crippen LogP contribution is -2.23. The second-order valence-corrected chi connectivity index (χ2v) is 6.38. The molecule has 0 aromatic carbocycles. The van der Waals surface area contributed by atoms with Crippen LogP contribution in [0.2, 0.25) is 0 Å². The second kappa shape index (κ2) is 5.71. The maximum atomic E-state index is 5.77. The highest BCUT2D eigenvalue weighted by atomic mass is 32.1. The molecule has 1 atom stereocenters. The van der Waals surface area contributed by atoms with Crippen LogP contribution in [0.15, 0.2) is 6.07 Å². The largest absolute Gasteiger partial charge is 0.368 e. The lowest BCUT2D eigenvalue weighted by Gasteiger charge is -2.17. The number of anilines is 2. The van der Waals surface area contributed by atoms with Gasteiger partial charge < -0.3 is 16.0 Å². The van der Waals surface area contributed by atoms with Crippen LogP contribution < -0.4 is 11.1 Å². The third-order valence-electron chi connectivity index (χ3n) is 2.93. The molecule has 2 heterocycles. The number of nitrogens with zero attached hydrogens (tertiary/aromatic N) is 3. The lowest BCUT2D eigenvalue weighted by atomic mass is 10.2. The van der Waals surface area contributed by atoms with Gasteiger partial charge >= 0.3 is 0 Å². The van der Waals surface area contributed by atoms with Gasteiger partial charge in [-0.25, -0.2) is 4.98 Å². The molecule has 3 N–H and O–H groups in total. The molecular weight excluding hydrogens is 258 g/mol. The zero-order valence-electron chi connectivity index (χ0n) is 11.9. The summed E-state index contributed by atoms with van der Waals surface area (Å²) in [5.41, 5.74) is 5.77. The Morgan fingerprint density at radius 1 is 1.42 bits per heavy atom. The standard InChI is InChI=1S/C13H21N5S/c1-8(5-6-18(3)4)15-11-10-7-9(2)19-12(10)17-13(14)16-11/h7-8H,5-6H2,1-4H3,(H3,14,15,16,17). The highest BCUT2D eigenvalue weighted by Gasteiger charge is 2.11. The van der Waals surface area contributed by atoms with E-state index in [0.29, 0.717) is 12.0 Å². The number of hydrogen-bond acceptors (Lipinski definition) is 6. The number of thiophene rings is 1. The van der Waals surface area contributed by atoms with Crippen molar-refractivity contribution in [3.05, 3.63) is 10.9 Å². The molecule has 104 valence electrons. The molecule has 0 saturated heterocycles. The Morgan fingerprint density at radius 3 is 2.84 bits per heavy atom. The lowest BCUT2D eigenvalue weighted by molar-refractivity contribution is 0.390. The minimum absolute atomic E-state index is 0.330. The summed E-state index contributed by atoms with van der Waals surface area (Å²) in [5, 5.41) is 4.51. The van der Waals surface area contributed by atoms with Crippen molar-refractivity contribution in [3.8, 4) is 0 Å². The molecule has 2 aromatic rings. The van der Waals surface area contributed by atoms with Crippen LogP contribution in [0.3, 0.4) is 0 Å². The predicted molar refractivity (Wildman–Crippen MR) is 82.8 cm³/mol. The Morgan fingerprint density at radius 2 is 2.16 bits per heavy atom. The van der Waals surface area contributed by atoms with Gasteiger partial charge in [-0.15, -0.1) is 11.3 Å². The summed E-state index contributed by atoms with van der Waals surface area (Å²) in [7, 11) is 4.16. The molecule has 0 aliphatic heterocycles. The van der Waals surface area contributed by atoms with Crippen LogP contribution in [-0.2, 0) is 0 Å². The first-order chi connectivity index (χ1) is 8.95. The first kappa shape index (κ1) is 14.0. The smallest absolute Gasteiger partial charge is 0.223 e. The quantitative estimate of drug-likeness (QED) is 0.879. The number of aromatic nitrogens is 2. The summed E-state index contributed by atoms with van der Waals surface area (Å²) >= 11 is 1.65. The van der Waals surface area contributed by atoms with Crippen LogP contribution in [0.1, 0.15) is 18.2 Å². The van der Waals surface area contributed by atoms with Gasteiger partial charge in [-0.3, -0.25) is 0 Å². The van der Waals surface area contributed by atoms with Gasteiger partial charge in [-0.05, 0) is 47.0 Å². The molecule has 0 saturated carbocycles. The molecule has 5 nitrogen and oxygen atoms in total. The summed E-state index contributed by atoms with van der Waals surface area (Å²) in [4.78, 5) is 13.0. The van der Waals surface area contributed by atoms with Crippen molar-refractivity contribution in [1.29, 1.82) is 0 Å². The van der Waals surface area contributed by atoms with Crippen LogP contribution in [-0.4, -0.2) is 41.5 Å². The Hall–Kier alpha value is -1.40. The summed E-state index contributed by atoms with van der Waals surface area (Å²) in [6.45, 7) is 5.27. The average molecular weight is 279 g/mol. The fraction of sp³-hybridized carbons (Fsp3) is 0.538. The molecule has 6 heteroatoms. The van der Waals surface area contributed by atoms with Crippen LogP contribution in [0, 0.1) is 6.92 Å². The Balaban J connectivity index is 2.19. The van der Waals surface area contributed by atoms with E-state index in [-0.39, 0.29) is 0 Å². The molecule has 0 bridgehead atoms. The highest BCUT2D eigenvalue weighted by Crippen LogP contribution is 2.29. The van der Waals surface area contributed by atoms with Crippen LogP contribution in [0.5, 0.6) is 0 Å². The van der Waals surface area contributed by atoms with Crippen molar-refractivity contribution in [2.45, 2.75) is 26.3 Å². The highest BCUT2D eigenvalue weighted by molar-refractivity contribution is 7.18. The molecule has 2 aromatic heterocycles. The van der Waals surface area contributed by atoms with Crippen molar-refractivity contribution in [2.75, 3.05) is 31.7 Å². The number of aryl methyl sites for hydroxylation is 1. The van der Waals surface area contributed by atoms with E-state index in [9.17, 15) is 0 Å². The molecule has 0 spiro atoms. The maximum Gasteiger partial charge on any atom is 0.223 e. The zero-order chi connectivity index (χ0) is 14.0. The number of fused-ring (bicyclic) bond motifs is 1. The minimum atomic E-state index is 0.330. The van der Waals surface area contributed by atoms with Gasteiger partial charge in [-0.1, -0.05) is 0 Å². The summed E-state index contributed by atoms with van der Waals surface area (Å²) in [6, 6.07) is 2.46. The van der Waals surface area contributed by atoms with Crippen molar-refractivity contribution < 1.29 is 0 Å². The zero-order valence-corrected chi connectivity index (χ0v) is 12.7. The molecule has 19 heavy (non-hydrogen) atoms. The minimum Gasteiger partial charge on any atom is -0.368 e. The van der Waals surface area contributed by atoms with E-state index in [1.165, 1.54) is 4.88 Å². The normalized spacial score (nSPS) is 13.1. The van der Waals surface area contributed by atoms with E-state index >= 15 is 0 Å². The van der Waals surface area contributed by atoms with Crippen LogP contribution >= 0.6 is 11.3 Å². The monoisotopic (exact) mass is 279 g/mol. The molecule has 0 aliphatic rings. The number of rotatable bonds is 5. The van der Waals surface area contributed by atoms with Gasteiger partial charge in [-0.2, -0.15) is 4.98 Å². The molecular formula is C13H21N5S. The SMILES string of the molecule is Cc1cc2c(NC(C)CCN(C)C)nc(N)nc2s1. The molecule has 0 fully saturated rings. The van der Waals surface area contributed by atoms with E-state index in [2.05, 4.69) is 54.2 Å². The van der Waals surface area contributed by atoms with Crippen molar-refractivity contribution in [1.82, 2.24) is 14.9 Å². The Bertz CT molecular complexity index is 563. The molecule has 0 radical (unpaired) electrons. The van der Waals surface area contributed by atoms with Gasteiger partial charge in [0, 0.05) is 10.9 Å². The predicted octanol–water partition coefficient (Wildman–Crippen LogP) is 2.33. The maximum absolute atomic E-state index is 5.77. The molecule has 2 rings (SSSR count). The summed E-state index contributed by atoms with van der Waals surface area (Å²) in [6.07, 6.45) is 1.06. The van der Waals surface area contributed by atoms with E-state index in [0.717, 1.165) is 29.0 Å². The van der Waals surface area contributed by atoms with Gasteiger partial charge in [0.15, 0.2) is 0 Å². The first-order valence-electron chi connectivity index (χ1n) is 6.40. The molecule has 0 aliphatic carbocycles. The average Bonchev–Trinajstić information content (AvgIpc) is 2.67. The van der Waals surface area contributed by atoms with E-state index in [4.69, 9.17) is 5.73 Å². The topological polar surface area (TPSA) is 67.1 Å². The fourth-order valence-electron chi connectivity index (χ4n) is 1.93. The fourth-order valence-corrected chi connectivity index (χ4v) is 2.81. The Labute approximate surface area is 117 Å². The van der Waals surface area contributed by atoms with Crippen LogP contribution in [0.4, 0.5) is 11.8 Å². The van der Waals surface area contributed by atoms with Gasteiger partial charge in [0.2, 0.25) is 5.95 Å². The number of nitrogens with two attached hydrogens (primary N) is 1.